The van der Waals surface area contributed by atoms with E-state index in [1.807, 2.05) is 7.05 Å². The van der Waals surface area contributed by atoms with E-state index in [-0.39, 0.29) is 12.3 Å². The van der Waals surface area contributed by atoms with Gasteiger partial charge in [-0.15, -0.1) is 0 Å². The number of nitrogens with one attached hydrogen (secondary N) is 2. The molecule has 0 radical (unpaired) electrons. The van der Waals surface area contributed by atoms with Gasteiger partial charge in [-0.1, -0.05) is 29.3 Å². The Kier molecular flexibility index (Phi) is 5.60. The van der Waals surface area contributed by atoms with Gasteiger partial charge in [-0.05, 0) is 24.7 Å². The maximum Gasteiger partial charge on any atom is 0.224 e. The maximum absolute atomic E-state index is 11.5. The van der Waals surface area contributed by atoms with Crippen LogP contribution in [0, 0.1) is 0 Å². The topological polar surface area (TPSA) is 41.1 Å². The lowest BCUT2D eigenvalue weighted by Gasteiger charge is -2.06. The second kappa shape index (κ2) is 6.74. The van der Waals surface area contributed by atoms with E-state index in [0.29, 0.717) is 16.6 Å². The summed E-state index contributed by atoms with van der Waals surface area (Å²) in [5.41, 5.74) is 0.785. The van der Waals surface area contributed by atoms with Gasteiger partial charge in [-0.2, -0.15) is 0 Å². The maximum atomic E-state index is 11.5. The molecule has 0 heterocycles. The van der Waals surface area contributed by atoms with Gasteiger partial charge in [0.05, 0.1) is 6.42 Å². The quantitative estimate of drug-likeness (QED) is 0.794. The van der Waals surface area contributed by atoms with Crippen molar-refractivity contribution < 1.29 is 4.79 Å². The SMILES string of the molecule is CNCCNC(=O)Cc1ccc(Cl)cc1Cl. The van der Waals surface area contributed by atoms with E-state index < -0.39 is 0 Å². The molecule has 5 heteroatoms. The molecule has 1 aromatic carbocycles. The van der Waals surface area contributed by atoms with Gasteiger partial charge < -0.3 is 10.6 Å². The summed E-state index contributed by atoms with van der Waals surface area (Å²) in [6.07, 6.45) is 0.277. The van der Waals surface area contributed by atoms with Crippen LogP contribution in [0.2, 0.25) is 10.0 Å². The number of carbonyl (C=O) groups excluding carboxylic acids is 1. The molecule has 0 aromatic heterocycles. The Morgan fingerprint density at radius 3 is 2.69 bits per heavy atom. The third-order valence-corrected chi connectivity index (χ3v) is 2.65. The number of halogens is 2. The predicted molar refractivity (Wildman–Crippen MR) is 67.1 cm³/mol. The van der Waals surface area contributed by atoms with Crippen LogP contribution < -0.4 is 10.6 Å². The first-order chi connectivity index (χ1) is 7.63. The van der Waals surface area contributed by atoms with Crippen LogP contribution in [0.15, 0.2) is 18.2 Å². The zero-order valence-corrected chi connectivity index (χ0v) is 10.5. The molecular weight excluding hydrogens is 247 g/mol. The Morgan fingerprint density at radius 2 is 2.06 bits per heavy atom. The lowest BCUT2D eigenvalue weighted by molar-refractivity contribution is -0.120. The summed E-state index contributed by atoms with van der Waals surface area (Å²) in [4.78, 5) is 11.5. The zero-order chi connectivity index (χ0) is 12.0. The molecule has 1 rings (SSSR count). The third-order valence-electron chi connectivity index (χ3n) is 2.06. The normalized spacial score (nSPS) is 10.2. The highest BCUT2D eigenvalue weighted by molar-refractivity contribution is 6.35. The molecular formula is C11H14Cl2N2O. The first-order valence-corrected chi connectivity index (χ1v) is 5.74. The Labute approximate surface area is 105 Å². The molecule has 2 N–H and O–H groups in total. The van der Waals surface area contributed by atoms with E-state index in [9.17, 15) is 4.79 Å². The van der Waals surface area contributed by atoms with Gasteiger partial charge in [0, 0.05) is 23.1 Å². The van der Waals surface area contributed by atoms with Gasteiger partial charge in [-0.25, -0.2) is 0 Å². The van der Waals surface area contributed by atoms with Gasteiger partial charge in [-0.3, -0.25) is 4.79 Å². The fourth-order valence-corrected chi connectivity index (χ4v) is 1.70. The predicted octanol–water partition coefficient (Wildman–Crippen LogP) is 1.87. The number of rotatable bonds is 5. The fourth-order valence-electron chi connectivity index (χ4n) is 1.23. The molecule has 0 spiro atoms. The zero-order valence-electron chi connectivity index (χ0n) is 9.02. The highest BCUT2D eigenvalue weighted by atomic mass is 35.5. The number of hydrogen-bond donors (Lipinski definition) is 2. The van der Waals surface area contributed by atoms with E-state index in [1.54, 1.807) is 18.2 Å². The molecule has 0 aliphatic heterocycles. The fraction of sp³-hybridized carbons (Fsp3) is 0.364. The van der Waals surface area contributed by atoms with Gasteiger partial charge in [0.1, 0.15) is 0 Å². The smallest absolute Gasteiger partial charge is 0.224 e. The average Bonchev–Trinajstić information content (AvgIpc) is 2.23. The van der Waals surface area contributed by atoms with E-state index in [1.165, 1.54) is 0 Å². The van der Waals surface area contributed by atoms with Gasteiger partial charge >= 0.3 is 0 Å². The highest BCUT2D eigenvalue weighted by Crippen LogP contribution is 2.21. The molecule has 0 unspecified atom stereocenters. The number of likely N-dealkylation sites (N-methyl/N-ethyl adjacent to an activating group) is 1. The molecule has 0 saturated heterocycles. The molecule has 1 amide bonds. The van der Waals surface area contributed by atoms with E-state index >= 15 is 0 Å². The standard InChI is InChI=1S/C11H14Cl2N2O/c1-14-4-5-15-11(16)6-8-2-3-9(12)7-10(8)13/h2-3,7,14H,4-6H2,1H3,(H,15,16). The van der Waals surface area contributed by atoms with Crippen LogP contribution in [-0.4, -0.2) is 26.0 Å². The minimum atomic E-state index is -0.0422. The monoisotopic (exact) mass is 260 g/mol. The largest absolute Gasteiger partial charge is 0.355 e. The van der Waals surface area contributed by atoms with Crippen LogP contribution >= 0.6 is 23.2 Å². The van der Waals surface area contributed by atoms with Gasteiger partial charge in [0.25, 0.3) is 0 Å². The van der Waals surface area contributed by atoms with E-state index in [2.05, 4.69) is 10.6 Å². The van der Waals surface area contributed by atoms with Crippen molar-refractivity contribution in [3.63, 3.8) is 0 Å². The Morgan fingerprint density at radius 1 is 1.31 bits per heavy atom. The lowest BCUT2D eigenvalue weighted by atomic mass is 10.1. The van der Waals surface area contributed by atoms with Crippen LogP contribution in [0.3, 0.4) is 0 Å². The summed E-state index contributed by atoms with van der Waals surface area (Å²) in [6, 6.07) is 5.13. The second-order valence-electron chi connectivity index (χ2n) is 3.37. The van der Waals surface area contributed by atoms with E-state index in [4.69, 9.17) is 23.2 Å². The van der Waals surface area contributed by atoms with Gasteiger partial charge in [0.2, 0.25) is 5.91 Å². The summed E-state index contributed by atoms with van der Waals surface area (Å²) in [6.45, 7) is 1.36. The van der Waals surface area contributed by atoms with Crippen molar-refractivity contribution in [2.24, 2.45) is 0 Å². The van der Waals surface area contributed by atoms with Crippen LogP contribution in [0.5, 0.6) is 0 Å². The van der Waals surface area contributed by atoms with Crippen molar-refractivity contribution in [1.29, 1.82) is 0 Å². The summed E-state index contributed by atoms with van der Waals surface area (Å²) in [5, 5.41) is 6.83. The summed E-state index contributed by atoms with van der Waals surface area (Å²) >= 11 is 11.7. The van der Waals surface area contributed by atoms with E-state index in [0.717, 1.165) is 12.1 Å². The number of amides is 1. The van der Waals surface area contributed by atoms with Crippen LogP contribution in [-0.2, 0) is 11.2 Å². The Balaban J connectivity index is 2.49. The van der Waals surface area contributed by atoms with Crippen molar-refractivity contribution in [2.75, 3.05) is 20.1 Å². The number of hydrogen-bond acceptors (Lipinski definition) is 2. The Hall–Kier alpha value is -0.770. The second-order valence-corrected chi connectivity index (χ2v) is 4.21. The average molecular weight is 261 g/mol. The summed E-state index contributed by atoms with van der Waals surface area (Å²) < 4.78 is 0. The lowest BCUT2D eigenvalue weighted by Crippen LogP contribution is -2.31. The minimum Gasteiger partial charge on any atom is -0.355 e. The first kappa shape index (κ1) is 13.3. The first-order valence-electron chi connectivity index (χ1n) is 4.98. The molecule has 3 nitrogen and oxygen atoms in total. The van der Waals surface area contributed by atoms with Gasteiger partial charge in [0.15, 0.2) is 0 Å². The molecule has 0 aliphatic carbocycles. The molecule has 0 atom stereocenters. The van der Waals surface area contributed by atoms with Crippen molar-refractivity contribution in [3.8, 4) is 0 Å². The molecule has 88 valence electrons. The summed E-state index contributed by atoms with van der Waals surface area (Å²) in [5.74, 6) is -0.0422. The van der Waals surface area contributed by atoms with Crippen molar-refractivity contribution in [2.45, 2.75) is 6.42 Å². The highest BCUT2D eigenvalue weighted by Gasteiger charge is 2.06. The van der Waals surface area contributed by atoms with Crippen LogP contribution in [0.4, 0.5) is 0 Å². The summed E-state index contributed by atoms with van der Waals surface area (Å²) in [7, 11) is 1.84. The molecule has 16 heavy (non-hydrogen) atoms. The molecule has 0 aliphatic rings. The molecule has 0 saturated carbocycles. The Bertz CT molecular complexity index is 369. The third kappa shape index (κ3) is 4.39. The molecule has 0 bridgehead atoms. The van der Waals surface area contributed by atoms with Crippen molar-refractivity contribution in [3.05, 3.63) is 33.8 Å². The van der Waals surface area contributed by atoms with Crippen molar-refractivity contribution in [1.82, 2.24) is 10.6 Å². The molecule has 1 aromatic rings. The molecule has 0 fully saturated rings. The number of benzene rings is 1. The minimum absolute atomic E-state index is 0.0422. The number of carbonyl (C=O) groups is 1. The van der Waals surface area contributed by atoms with Crippen LogP contribution in [0.1, 0.15) is 5.56 Å². The van der Waals surface area contributed by atoms with Crippen LogP contribution in [0.25, 0.3) is 0 Å². The van der Waals surface area contributed by atoms with Crippen molar-refractivity contribution >= 4 is 29.1 Å².